The van der Waals surface area contributed by atoms with E-state index in [2.05, 4.69) is 19.2 Å². The van der Waals surface area contributed by atoms with Crippen molar-refractivity contribution in [2.24, 2.45) is 0 Å². The Labute approximate surface area is 235 Å². The first-order chi connectivity index (χ1) is 18.7. The summed E-state index contributed by atoms with van der Waals surface area (Å²) in [5.74, 6) is -1.30. The van der Waals surface area contributed by atoms with Crippen molar-refractivity contribution in [3.05, 3.63) is 12.2 Å². The molecule has 0 saturated carbocycles. The van der Waals surface area contributed by atoms with E-state index in [1.54, 1.807) is 13.0 Å². The Bertz CT molecular complexity index is 730. The lowest BCUT2D eigenvalue weighted by molar-refractivity contribution is -0.159. The largest absolute Gasteiger partial charge is 0.472 e. The summed E-state index contributed by atoms with van der Waals surface area (Å²) >= 11 is 0. The molecule has 39 heavy (non-hydrogen) atoms. The van der Waals surface area contributed by atoms with Gasteiger partial charge >= 0.3 is 19.8 Å². The van der Waals surface area contributed by atoms with Gasteiger partial charge in [0.1, 0.15) is 6.61 Å². The first-order valence-corrected chi connectivity index (χ1v) is 16.1. The molecule has 0 heterocycles. The van der Waals surface area contributed by atoms with Gasteiger partial charge in [0.15, 0.2) is 6.10 Å². The molecule has 0 saturated heterocycles. The number of hydrogen-bond donors (Lipinski definition) is 2. The molecule has 1 unspecified atom stereocenters. The topological polar surface area (TPSA) is 137 Å². The third kappa shape index (κ3) is 25.0. The molecule has 1 amide bonds. The third-order valence-corrected chi connectivity index (χ3v) is 6.83. The van der Waals surface area contributed by atoms with Crippen LogP contribution in [0.2, 0.25) is 0 Å². The summed E-state index contributed by atoms with van der Waals surface area (Å²) in [5, 5.41) is 2.51. The summed E-state index contributed by atoms with van der Waals surface area (Å²) < 4.78 is 32.5. The van der Waals surface area contributed by atoms with E-state index in [9.17, 15) is 23.8 Å². The molecule has 0 aromatic heterocycles. The van der Waals surface area contributed by atoms with Gasteiger partial charge < -0.3 is 19.7 Å². The standard InChI is InChI=1S/C28H52NO9P/c1-4-7-9-11-12-13-14-16-17-19-27(31)35-23-25(38-28(32)20-18-15-10-8-5-2)24-37-39(33,34)36-22-21-29-26(30)6-3/h17,19,25H,4-16,18,20-24H2,1-3H3,(H,29,30)(H,33,34)/b19-17+/t25-/m1/s1. The van der Waals surface area contributed by atoms with Crippen LogP contribution in [0.3, 0.4) is 0 Å². The smallest absolute Gasteiger partial charge is 0.458 e. The Hall–Kier alpha value is -1.74. The Morgan fingerprint density at radius 2 is 1.46 bits per heavy atom. The van der Waals surface area contributed by atoms with Crippen LogP contribution >= 0.6 is 7.82 Å². The molecule has 0 spiro atoms. The molecular formula is C28H52NO9P. The average molecular weight is 578 g/mol. The van der Waals surface area contributed by atoms with E-state index < -0.39 is 32.5 Å². The molecule has 228 valence electrons. The molecule has 2 N–H and O–H groups in total. The maximum atomic E-state index is 12.3. The lowest BCUT2D eigenvalue weighted by atomic mass is 10.1. The van der Waals surface area contributed by atoms with Crippen LogP contribution < -0.4 is 5.32 Å². The highest BCUT2D eigenvalue weighted by molar-refractivity contribution is 7.47. The van der Waals surface area contributed by atoms with Crippen LogP contribution in [-0.2, 0) is 37.5 Å². The summed E-state index contributed by atoms with van der Waals surface area (Å²) in [7, 11) is -4.47. The van der Waals surface area contributed by atoms with Gasteiger partial charge in [0, 0.05) is 25.5 Å². The quantitative estimate of drug-likeness (QED) is 0.0536. The number of nitrogens with one attached hydrogen (secondary N) is 1. The number of rotatable bonds is 26. The molecule has 0 rings (SSSR count). The van der Waals surface area contributed by atoms with E-state index in [0.717, 1.165) is 44.9 Å². The summed E-state index contributed by atoms with van der Waals surface area (Å²) in [4.78, 5) is 45.5. The Kier molecular flexibility index (Phi) is 24.1. The first-order valence-electron chi connectivity index (χ1n) is 14.6. The fourth-order valence-electron chi connectivity index (χ4n) is 3.55. The van der Waals surface area contributed by atoms with Gasteiger partial charge in [-0.1, -0.05) is 91.1 Å². The third-order valence-electron chi connectivity index (χ3n) is 5.85. The number of hydrogen-bond acceptors (Lipinski definition) is 8. The number of phosphoric acid groups is 1. The number of esters is 2. The van der Waals surface area contributed by atoms with Crippen LogP contribution in [0.1, 0.15) is 117 Å². The van der Waals surface area contributed by atoms with Gasteiger partial charge in [-0.2, -0.15) is 0 Å². The molecule has 10 nitrogen and oxygen atoms in total. The molecule has 0 aromatic carbocycles. The number of allylic oxidation sites excluding steroid dienone is 1. The Balaban J connectivity index is 4.60. The van der Waals surface area contributed by atoms with Crippen LogP contribution in [0.25, 0.3) is 0 Å². The van der Waals surface area contributed by atoms with E-state index in [-0.39, 0.29) is 38.5 Å². The maximum absolute atomic E-state index is 12.3. The van der Waals surface area contributed by atoms with Crippen LogP contribution in [0.4, 0.5) is 0 Å². The zero-order chi connectivity index (χ0) is 29.2. The second-order valence-corrected chi connectivity index (χ2v) is 11.0. The fourth-order valence-corrected chi connectivity index (χ4v) is 4.30. The van der Waals surface area contributed by atoms with Gasteiger partial charge in [-0.15, -0.1) is 0 Å². The zero-order valence-electron chi connectivity index (χ0n) is 24.3. The molecule has 0 aliphatic rings. The fraction of sp³-hybridized carbons (Fsp3) is 0.821. The lowest BCUT2D eigenvalue weighted by Crippen LogP contribution is -2.29. The Morgan fingerprint density at radius 1 is 0.846 bits per heavy atom. The van der Waals surface area contributed by atoms with Gasteiger partial charge in [0.25, 0.3) is 0 Å². The Morgan fingerprint density at radius 3 is 2.10 bits per heavy atom. The molecular weight excluding hydrogens is 525 g/mol. The maximum Gasteiger partial charge on any atom is 0.472 e. The minimum Gasteiger partial charge on any atom is -0.458 e. The molecule has 2 atom stereocenters. The number of phosphoric ester groups is 1. The monoisotopic (exact) mass is 577 g/mol. The van der Waals surface area contributed by atoms with Crippen molar-refractivity contribution in [3.8, 4) is 0 Å². The normalized spacial score (nSPS) is 13.6. The van der Waals surface area contributed by atoms with Gasteiger partial charge in [0.2, 0.25) is 5.91 Å². The van der Waals surface area contributed by atoms with E-state index in [1.165, 1.54) is 38.2 Å². The van der Waals surface area contributed by atoms with Crippen molar-refractivity contribution in [1.82, 2.24) is 5.32 Å². The minimum absolute atomic E-state index is 0.0415. The highest BCUT2D eigenvalue weighted by Crippen LogP contribution is 2.43. The molecule has 11 heteroatoms. The van der Waals surface area contributed by atoms with Crippen LogP contribution in [0.5, 0.6) is 0 Å². The molecule has 0 fully saturated rings. The van der Waals surface area contributed by atoms with Crippen molar-refractivity contribution >= 4 is 25.7 Å². The second-order valence-electron chi connectivity index (χ2n) is 9.52. The second kappa shape index (κ2) is 25.2. The van der Waals surface area contributed by atoms with Crippen molar-refractivity contribution in [2.75, 3.05) is 26.4 Å². The molecule has 0 aliphatic heterocycles. The predicted octanol–water partition coefficient (Wildman–Crippen LogP) is 6.16. The summed E-state index contributed by atoms with van der Waals surface area (Å²) in [6.45, 7) is 4.97. The minimum atomic E-state index is -4.47. The van der Waals surface area contributed by atoms with Crippen LogP contribution in [0, 0.1) is 0 Å². The number of carbonyl (C=O) groups excluding carboxylic acids is 3. The van der Waals surface area contributed by atoms with Gasteiger partial charge in [-0.3, -0.25) is 18.6 Å². The SMILES string of the molecule is CCCCCCCCC/C=C/C(=O)OC[C@H](COP(=O)(O)OCCNC(=O)CC)OC(=O)CCCCCCC. The first kappa shape index (κ1) is 37.3. The van der Waals surface area contributed by atoms with Gasteiger partial charge in [-0.05, 0) is 19.3 Å². The number of carbonyl (C=O) groups is 3. The lowest BCUT2D eigenvalue weighted by Gasteiger charge is -2.19. The van der Waals surface area contributed by atoms with Gasteiger partial charge in [-0.25, -0.2) is 9.36 Å². The summed E-state index contributed by atoms with van der Waals surface area (Å²) in [6, 6.07) is 0. The highest BCUT2D eigenvalue weighted by Gasteiger charge is 2.26. The van der Waals surface area contributed by atoms with E-state index >= 15 is 0 Å². The summed E-state index contributed by atoms with van der Waals surface area (Å²) in [5.41, 5.74) is 0. The predicted molar refractivity (Wildman–Crippen MR) is 151 cm³/mol. The van der Waals surface area contributed by atoms with E-state index in [4.69, 9.17) is 18.5 Å². The van der Waals surface area contributed by atoms with Crippen molar-refractivity contribution in [3.63, 3.8) is 0 Å². The molecule has 0 bridgehead atoms. The highest BCUT2D eigenvalue weighted by atomic mass is 31.2. The van der Waals surface area contributed by atoms with Crippen LogP contribution in [-0.4, -0.2) is 55.2 Å². The average Bonchev–Trinajstić information content (AvgIpc) is 2.91. The van der Waals surface area contributed by atoms with Gasteiger partial charge in [0.05, 0.1) is 13.2 Å². The van der Waals surface area contributed by atoms with Crippen LogP contribution in [0.15, 0.2) is 12.2 Å². The number of ether oxygens (including phenoxy) is 2. The van der Waals surface area contributed by atoms with Crippen molar-refractivity contribution in [2.45, 2.75) is 123 Å². The number of amides is 1. The van der Waals surface area contributed by atoms with E-state index in [0.29, 0.717) is 6.42 Å². The number of unbranched alkanes of at least 4 members (excludes halogenated alkanes) is 11. The zero-order valence-corrected chi connectivity index (χ0v) is 25.2. The van der Waals surface area contributed by atoms with Crippen molar-refractivity contribution < 1.29 is 42.4 Å². The molecule has 0 aromatic rings. The van der Waals surface area contributed by atoms with E-state index in [1.807, 2.05) is 0 Å². The summed E-state index contributed by atoms with van der Waals surface area (Å²) in [6.07, 6.45) is 16.4. The molecule has 0 radical (unpaired) electrons. The molecule has 0 aliphatic carbocycles. The van der Waals surface area contributed by atoms with Crippen molar-refractivity contribution in [1.29, 1.82) is 0 Å².